The number of hydrogen-bond acceptors (Lipinski definition) is 7. The molecular formula is C23H18FN5O5S. The van der Waals surface area contributed by atoms with Crippen molar-refractivity contribution in [3.63, 3.8) is 0 Å². The maximum atomic E-state index is 13.3. The number of nitro benzene ring substituents is 1. The largest absolute Gasteiger partial charge is 0.313 e. The van der Waals surface area contributed by atoms with Crippen LogP contribution < -0.4 is 10.6 Å². The number of aromatic nitrogens is 1. The fourth-order valence-corrected chi connectivity index (χ4v) is 4.17. The summed E-state index contributed by atoms with van der Waals surface area (Å²) in [6, 6.07) is 13.7. The highest BCUT2D eigenvalue weighted by Crippen LogP contribution is 2.28. The zero-order chi connectivity index (χ0) is 25.3. The standard InChI is InChI=1S/C23H18FN5O5S/c1-14-18(13-26-27-19-10-9-17(35(25,33)34)12-21(19)29(31)32)20-4-2-3-11-28(20)22(14)23(30)15-5-7-16(24)8-6-15/h2-13,27H,1H3,(H2,25,33,34)/b26-13+. The van der Waals surface area contributed by atoms with Crippen LogP contribution in [-0.4, -0.2) is 29.7 Å². The molecule has 35 heavy (non-hydrogen) atoms. The fourth-order valence-electron chi connectivity index (χ4n) is 3.64. The van der Waals surface area contributed by atoms with Crippen LogP contribution in [0, 0.1) is 22.9 Å². The van der Waals surface area contributed by atoms with E-state index in [-0.39, 0.29) is 11.5 Å². The summed E-state index contributed by atoms with van der Waals surface area (Å²) in [7, 11) is -4.13. The van der Waals surface area contributed by atoms with Crippen LogP contribution in [0.5, 0.6) is 0 Å². The van der Waals surface area contributed by atoms with Gasteiger partial charge in [0.15, 0.2) is 0 Å². The number of ketones is 1. The first-order valence-corrected chi connectivity index (χ1v) is 11.6. The van der Waals surface area contributed by atoms with E-state index in [4.69, 9.17) is 5.14 Å². The molecule has 0 saturated carbocycles. The topological polar surface area (TPSA) is 149 Å². The predicted octanol–water partition coefficient (Wildman–Crippen LogP) is 3.62. The van der Waals surface area contributed by atoms with E-state index in [1.54, 1.807) is 35.7 Å². The smallest absolute Gasteiger partial charge is 0.295 e. The lowest BCUT2D eigenvalue weighted by Crippen LogP contribution is -2.12. The molecule has 0 fully saturated rings. The second kappa shape index (κ2) is 9.08. The van der Waals surface area contributed by atoms with Crippen molar-refractivity contribution in [3.05, 3.63) is 105 Å². The number of halogens is 1. The van der Waals surface area contributed by atoms with Crippen LogP contribution in [0.3, 0.4) is 0 Å². The van der Waals surface area contributed by atoms with Gasteiger partial charge in [-0.25, -0.2) is 17.9 Å². The highest BCUT2D eigenvalue weighted by molar-refractivity contribution is 7.89. The van der Waals surface area contributed by atoms with Crippen LogP contribution in [0.4, 0.5) is 15.8 Å². The van der Waals surface area contributed by atoms with Crippen LogP contribution in [-0.2, 0) is 10.0 Å². The second-order valence-corrected chi connectivity index (χ2v) is 9.09. The van der Waals surface area contributed by atoms with E-state index in [0.29, 0.717) is 27.9 Å². The molecule has 4 aromatic rings. The molecule has 0 saturated heterocycles. The maximum Gasteiger partial charge on any atom is 0.295 e. The number of pyridine rings is 1. The molecule has 0 amide bonds. The second-order valence-electron chi connectivity index (χ2n) is 7.53. The van der Waals surface area contributed by atoms with Crippen molar-refractivity contribution in [2.75, 3.05) is 5.43 Å². The van der Waals surface area contributed by atoms with E-state index in [2.05, 4.69) is 10.5 Å². The van der Waals surface area contributed by atoms with Crippen LogP contribution >= 0.6 is 0 Å². The first-order valence-electron chi connectivity index (χ1n) is 10.1. The molecule has 0 radical (unpaired) electrons. The minimum Gasteiger partial charge on any atom is -0.313 e. The van der Waals surface area contributed by atoms with Gasteiger partial charge in [0.2, 0.25) is 15.8 Å². The van der Waals surface area contributed by atoms with Crippen LogP contribution in [0.2, 0.25) is 0 Å². The number of nitrogens with zero attached hydrogens (tertiary/aromatic N) is 3. The fraction of sp³-hybridized carbons (Fsp3) is 0.0435. The minimum absolute atomic E-state index is 0.0533. The van der Waals surface area contributed by atoms with Crippen LogP contribution in [0.15, 0.2) is 76.9 Å². The number of primary sulfonamides is 1. The molecule has 2 aromatic heterocycles. The summed E-state index contributed by atoms with van der Waals surface area (Å²) in [6.07, 6.45) is 3.12. The Bertz CT molecular complexity index is 1610. The molecule has 2 aromatic carbocycles. The Morgan fingerprint density at radius 2 is 1.89 bits per heavy atom. The van der Waals surface area contributed by atoms with Gasteiger partial charge in [-0.2, -0.15) is 5.10 Å². The molecule has 0 bridgehead atoms. The van der Waals surface area contributed by atoms with Gasteiger partial charge in [0.05, 0.1) is 27.2 Å². The van der Waals surface area contributed by atoms with Crippen molar-refractivity contribution >= 4 is 38.9 Å². The van der Waals surface area contributed by atoms with Gasteiger partial charge in [0.25, 0.3) is 5.69 Å². The lowest BCUT2D eigenvalue weighted by molar-refractivity contribution is -0.384. The Morgan fingerprint density at radius 1 is 1.17 bits per heavy atom. The van der Waals surface area contributed by atoms with Gasteiger partial charge in [-0.3, -0.25) is 20.3 Å². The number of nitrogens with two attached hydrogens (primary N) is 1. The number of rotatable bonds is 7. The summed E-state index contributed by atoms with van der Waals surface area (Å²) >= 11 is 0. The normalized spacial score (nSPS) is 11.7. The Balaban J connectivity index is 1.72. The highest BCUT2D eigenvalue weighted by Gasteiger charge is 2.22. The molecule has 10 nitrogen and oxygen atoms in total. The van der Waals surface area contributed by atoms with Crippen molar-refractivity contribution in [1.82, 2.24) is 4.40 Å². The van der Waals surface area contributed by atoms with Gasteiger partial charge in [-0.05, 0) is 61.0 Å². The number of fused-ring (bicyclic) bond motifs is 1. The van der Waals surface area contributed by atoms with Gasteiger partial charge in [-0.1, -0.05) is 6.07 Å². The number of benzene rings is 2. The lowest BCUT2D eigenvalue weighted by Gasteiger charge is -2.04. The van der Waals surface area contributed by atoms with Crippen molar-refractivity contribution in [2.45, 2.75) is 11.8 Å². The predicted molar refractivity (Wildman–Crippen MR) is 128 cm³/mol. The Morgan fingerprint density at radius 3 is 2.54 bits per heavy atom. The van der Waals surface area contributed by atoms with Crippen molar-refractivity contribution in [2.24, 2.45) is 10.2 Å². The number of anilines is 1. The minimum atomic E-state index is -4.13. The number of sulfonamides is 1. The molecule has 0 spiro atoms. The highest BCUT2D eigenvalue weighted by atomic mass is 32.2. The average Bonchev–Trinajstić information content (AvgIpc) is 3.09. The first-order chi connectivity index (χ1) is 16.6. The number of hydrogen-bond donors (Lipinski definition) is 2. The van der Waals surface area contributed by atoms with Crippen LogP contribution in [0.1, 0.15) is 27.2 Å². The molecule has 0 aliphatic carbocycles. The number of nitro groups is 1. The van der Waals surface area contributed by atoms with Gasteiger partial charge < -0.3 is 4.40 Å². The summed E-state index contributed by atoms with van der Waals surface area (Å²) in [4.78, 5) is 23.4. The molecule has 0 unspecified atom stereocenters. The number of carbonyl (C=O) groups is 1. The zero-order valence-electron chi connectivity index (χ0n) is 18.2. The zero-order valence-corrected chi connectivity index (χ0v) is 19.0. The van der Waals surface area contributed by atoms with Gasteiger partial charge >= 0.3 is 0 Å². The summed E-state index contributed by atoms with van der Waals surface area (Å²) in [6.45, 7) is 1.73. The Hall–Kier alpha value is -4.42. The Labute approximate surface area is 198 Å². The summed E-state index contributed by atoms with van der Waals surface area (Å²) in [5, 5.41) is 20.5. The maximum absolute atomic E-state index is 13.3. The summed E-state index contributed by atoms with van der Waals surface area (Å²) < 4.78 is 38.0. The van der Waals surface area contributed by atoms with E-state index >= 15 is 0 Å². The van der Waals surface area contributed by atoms with E-state index in [9.17, 15) is 27.7 Å². The number of carbonyl (C=O) groups excluding carboxylic acids is 1. The van der Waals surface area contributed by atoms with Gasteiger partial charge in [0.1, 0.15) is 11.5 Å². The van der Waals surface area contributed by atoms with Crippen molar-refractivity contribution < 1.29 is 22.5 Å². The van der Waals surface area contributed by atoms with E-state index in [0.717, 1.165) is 12.1 Å². The van der Waals surface area contributed by atoms with Crippen LogP contribution in [0.25, 0.3) is 5.52 Å². The molecule has 4 rings (SSSR count). The van der Waals surface area contributed by atoms with Gasteiger partial charge in [-0.15, -0.1) is 0 Å². The third kappa shape index (κ3) is 4.65. The van der Waals surface area contributed by atoms with E-state index in [1.807, 2.05) is 0 Å². The van der Waals surface area contributed by atoms with Crippen molar-refractivity contribution in [1.29, 1.82) is 0 Å². The SMILES string of the molecule is Cc1c(/C=N/Nc2ccc(S(N)(=O)=O)cc2[N+](=O)[O-])c2ccccn2c1C(=O)c1ccc(F)cc1. The monoisotopic (exact) mass is 495 g/mol. The molecule has 0 atom stereocenters. The molecule has 3 N–H and O–H groups in total. The number of nitrogens with one attached hydrogen (secondary N) is 1. The molecule has 2 heterocycles. The molecule has 12 heteroatoms. The molecule has 0 aliphatic rings. The molecule has 178 valence electrons. The third-order valence-electron chi connectivity index (χ3n) is 5.33. The van der Waals surface area contributed by atoms with E-state index < -0.39 is 31.3 Å². The molecule has 0 aliphatic heterocycles. The lowest BCUT2D eigenvalue weighted by atomic mass is 10.0. The van der Waals surface area contributed by atoms with Crippen molar-refractivity contribution in [3.8, 4) is 0 Å². The third-order valence-corrected chi connectivity index (χ3v) is 6.24. The average molecular weight is 495 g/mol. The first kappa shape index (κ1) is 23.7. The number of hydrazone groups is 1. The molecular weight excluding hydrogens is 477 g/mol. The quantitative estimate of drug-likeness (QED) is 0.173. The van der Waals surface area contributed by atoms with E-state index in [1.165, 1.54) is 36.5 Å². The van der Waals surface area contributed by atoms with Gasteiger partial charge in [0, 0.05) is 23.4 Å². The Kier molecular flexibility index (Phi) is 6.16. The summed E-state index contributed by atoms with van der Waals surface area (Å²) in [5.41, 5.74) is 4.46. The summed E-state index contributed by atoms with van der Waals surface area (Å²) in [5.74, 6) is -0.770.